The van der Waals surface area contributed by atoms with Gasteiger partial charge in [0.15, 0.2) is 0 Å². The van der Waals surface area contributed by atoms with Crippen LogP contribution >= 0.6 is 0 Å². The molecule has 0 saturated carbocycles. The van der Waals surface area contributed by atoms with Gasteiger partial charge in [-0.2, -0.15) is 0 Å². The van der Waals surface area contributed by atoms with E-state index in [-0.39, 0.29) is 12.1 Å². The van der Waals surface area contributed by atoms with E-state index in [0.717, 1.165) is 58.5 Å². The highest BCUT2D eigenvalue weighted by molar-refractivity contribution is 5.74. The van der Waals surface area contributed by atoms with Crippen LogP contribution in [0.2, 0.25) is 0 Å². The first-order valence-corrected chi connectivity index (χ1v) is 15.4. The number of carbonyl (C=O) groups excluding carboxylic acids is 1. The third-order valence-electron chi connectivity index (χ3n) is 7.33. The zero-order chi connectivity index (χ0) is 25.4. The Labute approximate surface area is 219 Å². The van der Waals surface area contributed by atoms with Crippen molar-refractivity contribution >= 4 is 6.03 Å². The van der Waals surface area contributed by atoms with Crippen molar-refractivity contribution in [3.8, 4) is 0 Å². The first kappa shape index (κ1) is 32.2. The molecule has 0 bridgehead atoms. The van der Waals surface area contributed by atoms with E-state index in [4.69, 9.17) is 4.74 Å². The molecule has 0 aromatic heterocycles. The van der Waals surface area contributed by atoms with Crippen molar-refractivity contribution in [1.29, 1.82) is 0 Å². The number of carbonyl (C=O) groups is 1. The SMILES string of the molecule is CCCCCCCCCCCCCCCCCCNC(=O)N1CCCC(OCCCCN(C)C)C1. The molecule has 1 N–H and O–H groups in total. The molecular weight excluding hydrogens is 434 g/mol. The van der Waals surface area contributed by atoms with Gasteiger partial charge in [-0.25, -0.2) is 4.79 Å². The van der Waals surface area contributed by atoms with Crippen LogP contribution in [0.15, 0.2) is 0 Å². The fourth-order valence-electron chi connectivity index (χ4n) is 5.02. The maximum absolute atomic E-state index is 12.5. The largest absolute Gasteiger partial charge is 0.376 e. The van der Waals surface area contributed by atoms with Crippen LogP contribution in [0.4, 0.5) is 4.79 Å². The van der Waals surface area contributed by atoms with Crippen molar-refractivity contribution in [2.45, 2.75) is 141 Å². The minimum Gasteiger partial charge on any atom is -0.376 e. The number of rotatable bonds is 23. The van der Waals surface area contributed by atoms with E-state index in [1.54, 1.807) is 0 Å². The summed E-state index contributed by atoms with van der Waals surface area (Å²) < 4.78 is 6.04. The van der Waals surface area contributed by atoms with Gasteiger partial charge >= 0.3 is 6.03 Å². The fraction of sp³-hybridized carbons (Fsp3) is 0.967. The van der Waals surface area contributed by atoms with Crippen LogP contribution < -0.4 is 5.32 Å². The monoisotopic (exact) mass is 495 g/mol. The lowest BCUT2D eigenvalue weighted by molar-refractivity contribution is 0.00774. The van der Waals surface area contributed by atoms with Gasteiger partial charge in [0.2, 0.25) is 0 Å². The molecule has 5 nitrogen and oxygen atoms in total. The molecule has 0 aliphatic carbocycles. The van der Waals surface area contributed by atoms with Crippen LogP contribution in [0.5, 0.6) is 0 Å². The van der Waals surface area contributed by atoms with Gasteiger partial charge in [-0.3, -0.25) is 0 Å². The highest BCUT2D eigenvalue weighted by Crippen LogP contribution is 2.15. The minimum atomic E-state index is 0.104. The third kappa shape index (κ3) is 20.0. The lowest BCUT2D eigenvalue weighted by atomic mass is 10.0. The zero-order valence-electron chi connectivity index (χ0n) is 24.0. The summed E-state index contributed by atoms with van der Waals surface area (Å²) >= 11 is 0. The molecule has 5 heteroatoms. The Morgan fingerprint density at radius 1 is 0.800 bits per heavy atom. The Bertz CT molecular complexity index is 473. The Kier molecular flexibility index (Phi) is 21.7. The van der Waals surface area contributed by atoms with Crippen LogP contribution in [0.3, 0.4) is 0 Å². The smallest absolute Gasteiger partial charge is 0.317 e. The zero-order valence-corrected chi connectivity index (χ0v) is 24.0. The molecule has 1 rings (SSSR count). The number of piperidine rings is 1. The first-order chi connectivity index (χ1) is 17.1. The Hall–Kier alpha value is -0.810. The van der Waals surface area contributed by atoms with Gasteiger partial charge in [-0.15, -0.1) is 0 Å². The van der Waals surface area contributed by atoms with E-state index in [0.29, 0.717) is 0 Å². The number of urea groups is 1. The Balaban J connectivity index is 1.86. The molecule has 35 heavy (non-hydrogen) atoms. The van der Waals surface area contributed by atoms with Gasteiger partial charge in [-0.1, -0.05) is 103 Å². The standard InChI is InChI=1S/C30H61N3O2/c1-4-5-6-7-8-9-10-11-12-13-14-15-16-17-18-19-24-31-30(34)33-26-22-23-29(28-33)35-27-21-20-25-32(2)3/h29H,4-28H2,1-3H3,(H,31,34). The van der Waals surface area contributed by atoms with Crippen LogP contribution in [0.1, 0.15) is 135 Å². The molecule has 2 amide bonds. The van der Waals surface area contributed by atoms with E-state index in [1.165, 1.54) is 103 Å². The number of nitrogens with zero attached hydrogens (tertiary/aromatic N) is 2. The molecule has 208 valence electrons. The quantitative estimate of drug-likeness (QED) is 0.147. The van der Waals surface area contributed by atoms with E-state index < -0.39 is 0 Å². The molecule has 0 spiro atoms. The van der Waals surface area contributed by atoms with Crippen molar-refractivity contribution in [3.63, 3.8) is 0 Å². The Morgan fingerprint density at radius 2 is 1.34 bits per heavy atom. The predicted molar refractivity (Wildman–Crippen MR) is 151 cm³/mol. The predicted octanol–water partition coefficient (Wildman–Crippen LogP) is 7.78. The maximum atomic E-state index is 12.5. The highest BCUT2D eigenvalue weighted by atomic mass is 16.5. The van der Waals surface area contributed by atoms with Gasteiger partial charge in [0.25, 0.3) is 0 Å². The molecule has 1 heterocycles. The van der Waals surface area contributed by atoms with Gasteiger partial charge in [-0.05, 0) is 52.7 Å². The molecule has 1 saturated heterocycles. The molecular formula is C30H61N3O2. The summed E-state index contributed by atoms with van der Waals surface area (Å²) in [6, 6.07) is 0.104. The van der Waals surface area contributed by atoms with Crippen LogP contribution in [-0.4, -0.2) is 68.8 Å². The number of hydrogen-bond acceptors (Lipinski definition) is 3. The number of likely N-dealkylation sites (tertiary alicyclic amines) is 1. The summed E-state index contributed by atoms with van der Waals surface area (Å²) in [6.07, 6.45) is 26.7. The lowest BCUT2D eigenvalue weighted by Gasteiger charge is -2.32. The number of nitrogens with one attached hydrogen (secondary N) is 1. The van der Waals surface area contributed by atoms with E-state index in [2.05, 4.69) is 31.2 Å². The molecule has 1 aliphatic heterocycles. The van der Waals surface area contributed by atoms with Crippen molar-refractivity contribution in [2.24, 2.45) is 0 Å². The van der Waals surface area contributed by atoms with Crippen LogP contribution in [-0.2, 0) is 4.74 Å². The van der Waals surface area contributed by atoms with Crippen LogP contribution in [0, 0.1) is 0 Å². The summed E-state index contributed by atoms with van der Waals surface area (Å²) in [6.45, 7) is 6.64. The topological polar surface area (TPSA) is 44.8 Å². The summed E-state index contributed by atoms with van der Waals surface area (Å²) in [7, 11) is 4.22. The molecule has 0 aromatic rings. The van der Waals surface area contributed by atoms with E-state index >= 15 is 0 Å². The van der Waals surface area contributed by atoms with E-state index in [9.17, 15) is 4.79 Å². The second kappa shape index (κ2) is 23.6. The second-order valence-corrected chi connectivity index (χ2v) is 11.1. The average molecular weight is 496 g/mol. The summed E-state index contributed by atoms with van der Waals surface area (Å²) in [5.74, 6) is 0. The van der Waals surface area contributed by atoms with E-state index in [1.807, 2.05) is 4.90 Å². The van der Waals surface area contributed by atoms with Gasteiger partial charge in [0.1, 0.15) is 0 Å². The third-order valence-corrected chi connectivity index (χ3v) is 7.33. The van der Waals surface area contributed by atoms with Gasteiger partial charge < -0.3 is 19.9 Å². The van der Waals surface area contributed by atoms with Gasteiger partial charge in [0.05, 0.1) is 6.10 Å². The summed E-state index contributed by atoms with van der Waals surface area (Å²) in [5, 5.41) is 3.14. The van der Waals surface area contributed by atoms with Crippen LogP contribution in [0.25, 0.3) is 0 Å². The highest BCUT2D eigenvalue weighted by Gasteiger charge is 2.23. The molecule has 1 fully saturated rings. The normalized spacial score (nSPS) is 16.2. The molecule has 1 atom stereocenters. The molecule has 1 unspecified atom stereocenters. The van der Waals surface area contributed by atoms with Crippen molar-refractivity contribution < 1.29 is 9.53 Å². The number of unbranched alkanes of at least 4 members (excludes halogenated alkanes) is 16. The summed E-state index contributed by atoms with van der Waals surface area (Å²) in [4.78, 5) is 16.7. The van der Waals surface area contributed by atoms with Crippen molar-refractivity contribution in [1.82, 2.24) is 15.1 Å². The summed E-state index contributed by atoms with van der Waals surface area (Å²) in [5.41, 5.74) is 0. The number of ether oxygens (including phenoxy) is 1. The molecule has 0 aromatic carbocycles. The van der Waals surface area contributed by atoms with Gasteiger partial charge in [0, 0.05) is 26.2 Å². The number of hydrogen-bond donors (Lipinski definition) is 1. The Morgan fingerprint density at radius 3 is 1.89 bits per heavy atom. The lowest BCUT2D eigenvalue weighted by Crippen LogP contribution is -2.48. The fourth-order valence-corrected chi connectivity index (χ4v) is 5.02. The first-order valence-electron chi connectivity index (χ1n) is 15.4. The van der Waals surface area contributed by atoms with Crippen molar-refractivity contribution in [2.75, 3.05) is 46.9 Å². The molecule has 1 aliphatic rings. The molecule has 0 radical (unpaired) electrons. The number of amides is 2. The second-order valence-electron chi connectivity index (χ2n) is 11.1. The average Bonchev–Trinajstić information content (AvgIpc) is 2.85. The minimum absolute atomic E-state index is 0.104. The van der Waals surface area contributed by atoms with Crippen molar-refractivity contribution in [3.05, 3.63) is 0 Å². The maximum Gasteiger partial charge on any atom is 0.317 e.